The maximum Gasteiger partial charge on any atom is 0.288 e. The number of amides is 1. The minimum Gasteiger partial charge on any atom is -0.296 e. The molecule has 7 nitrogen and oxygen atoms in total. The number of nitrogens with zero attached hydrogens (tertiary/aromatic N) is 3. The van der Waals surface area contributed by atoms with E-state index in [4.69, 9.17) is 11.6 Å². The van der Waals surface area contributed by atoms with E-state index in [1.54, 1.807) is 0 Å². The molecule has 0 aliphatic heterocycles. The molecule has 0 saturated heterocycles. The van der Waals surface area contributed by atoms with E-state index in [-0.39, 0.29) is 16.3 Å². The lowest BCUT2D eigenvalue weighted by atomic mass is 10.2. The average molecular weight is 375 g/mol. The van der Waals surface area contributed by atoms with Crippen LogP contribution in [0.5, 0.6) is 0 Å². The number of nitro groups is 1. The molecule has 1 aromatic heterocycles. The molecule has 0 spiro atoms. The van der Waals surface area contributed by atoms with Gasteiger partial charge in [0.05, 0.1) is 4.92 Å². The van der Waals surface area contributed by atoms with Crippen LogP contribution >= 0.6 is 22.9 Å². The number of benzene rings is 2. The van der Waals surface area contributed by atoms with Crippen LogP contribution in [0, 0.1) is 17.0 Å². The summed E-state index contributed by atoms with van der Waals surface area (Å²) in [5, 5.41) is 22.4. The molecule has 0 radical (unpaired) electrons. The predicted molar refractivity (Wildman–Crippen MR) is 96.1 cm³/mol. The summed E-state index contributed by atoms with van der Waals surface area (Å²) in [5.74, 6) is -0.522. The van der Waals surface area contributed by atoms with E-state index in [1.165, 1.54) is 23.5 Å². The second kappa shape index (κ2) is 6.96. The fraction of sp³-hybridized carbons (Fsp3) is 0.0625. The van der Waals surface area contributed by atoms with Gasteiger partial charge in [0.25, 0.3) is 11.6 Å². The number of halogens is 1. The average Bonchev–Trinajstić information content (AvgIpc) is 3.04. The quantitative estimate of drug-likeness (QED) is 0.541. The van der Waals surface area contributed by atoms with Crippen LogP contribution < -0.4 is 5.32 Å². The van der Waals surface area contributed by atoms with Crippen LogP contribution in [0.2, 0.25) is 5.02 Å². The Morgan fingerprint density at radius 3 is 2.60 bits per heavy atom. The lowest BCUT2D eigenvalue weighted by Crippen LogP contribution is -2.12. The van der Waals surface area contributed by atoms with Crippen LogP contribution in [0.3, 0.4) is 0 Å². The van der Waals surface area contributed by atoms with E-state index in [9.17, 15) is 14.9 Å². The predicted octanol–water partition coefficient (Wildman–Crippen LogP) is 4.33. The summed E-state index contributed by atoms with van der Waals surface area (Å²) < 4.78 is 0. The Hall–Kier alpha value is -2.84. The number of aromatic nitrogens is 2. The number of carbonyl (C=O) groups excluding carboxylic acids is 1. The summed E-state index contributed by atoms with van der Waals surface area (Å²) in [6.07, 6.45) is 0. The minimum atomic E-state index is -0.639. The van der Waals surface area contributed by atoms with Crippen molar-refractivity contribution >= 4 is 39.7 Å². The number of rotatable bonds is 4. The molecular formula is C16H11ClN4O3S. The summed E-state index contributed by atoms with van der Waals surface area (Å²) in [6, 6.07) is 11.6. The van der Waals surface area contributed by atoms with Gasteiger partial charge in [-0.25, -0.2) is 0 Å². The summed E-state index contributed by atoms with van der Waals surface area (Å²) in [7, 11) is 0. The number of carbonyl (C=O) groups is 1. The minimum absolute atomic E-state index is 0.0286. The molecule has 25 heavy (non-hydrogen) atoms. The van der Waals surface area contributed by atoms with Crippen molar-refractivity contribution in [2.75, 3.05) is 5.32 Å². The fourth-order valence-corrected chi connectivity index (χ4v) is 2.98. The van der Waals surface area contributed by atoms with Gasteiger partial charge in [0.15, 0.2) is 0 Å². The first-order valence-electron chi connectivity index (χ1n) is 7.10. The van der Waals surface area contributed by atoms with E-state index < -0.39 is 10.8 Å². The first-order valence-corrected chi connectivity index (χ1v) is 8.29. The van der Waals surface area contributed by atoms with Gasteiger partial charge in [-0.3, -0.25) is 20.2 Å². The SMILES string of the molecule is Cc1ccc(-c2nnc(NC(=O)c3ccc(Cl)c([N+](=O)[O-])c3)s2)cc1. The van der Waals surface area contributed by atoms with E-state index in [0.717, 1.165) is 17.2 Å². The Kier molecular flexibility index (Phi) is 4.73. The number of anilines is 1. The summed E-state index contributed by atoms with van der Waals surface area (Å²) >= 11 is 6.96. The van der Waals surface area contributed by atoms with Crippen molar-refractivity contribution in [3.8, 4) is 10.6 Å². The van der Waals surface area contributed by atoms with Gasteiger partial charge in [0.2, 0.25) is 5.13 Å². The molecule has 0 saturated carbocycles. The number of hydrogen-bond acceptors (Lipinski definition) is 6. The van der Waals surface area contributed by atoms with E-state index >= 15 is 0 Å². The highest BCUT2D eigenvalue weighted by Crippen LogP contribution is 2.28. The molecule has 0 fully saturated rings. The molecule has 3 aromatic rings. The van der Waals surface area contributed by atoms with Crippen molar-refractivity contribution in [3.05, 3.63) is 68.7 Å². The maximum absolute atomic E-state index is 12.3. The molecule has 1 amide bonds. The standard InChI is InChI=1S/C16H11ClN4O3S/c1-9-2-4-10(5-3-9)15-19-20-16(25-15)18-14(22)11-6-7-12(17)13(8-11)21(23)24/h2-8H,1H3,(H,18,20,22). The van der Waals surface area contributed by atoms with Gasteiger partial charge in [0.1, 0.15) is 10.0 Å². The zero-order valence-electron chi connectivity index (χ0n) is 12.9. The highest BCUT2D eigenvalue weighted by molar-refractivity contribution is 7.18. The van der Waals surface area contributed by atoms with Crippen LogP contribution in [0.1, 0.15) is 15.9 Å². The Morgan fingerprint density at radius 2 is 1.92 bits per heavy atom. The maximum atomic E-state index is 12.3. The summed E-state index contributed by atoms with van der Waals surface area (Å²) in [4.78, 5) is 22.5. The molecular weight excluding hydrogens is 364 g/mol. The molecule has 0 aliphatic rings. The van der Waals surface area contributed by atoms with Gasteiger partial charge < -0.3 is 0 Å². The molecule has 0 atom stereocenters. The summed E-state index contributed by atoms with van der Waals surface area (Å²) in [5.41, 5.74) is 1.81. The van der Waals surface area contributed by atoms with Crippen molar-refractivity contribution < 1.29 is 9.72 Å². The van der Waals surface area contributed by atoms with Crippen molar-refractivity contribution in [2.45, 2.75) is 6.92 Å². The van der Waals surface area contributed by atoms with Crippen LogP contribution in [-0.2, 0) is 0 Å². The van der Waals surface area contributed by atoms with Gasteiger partial charge in [0, 0.05) is 17.2 Å². The third-order valence-corrected chi connectivity index (χ3v) is 4.56. The van der Waals surface area contributed by atoms with Crippen LogP contribution in [0.15, 0.2) is 42.5 Å². The zero-order chi connectivity index (χ0) is 18.0. The number of nitrogens with one attached hydrogen (secondary N) is 1. The normalized spacial score (nSPS) is 10.5. The van der Waals surface area contributed by atoms with Crippen LogP contribution in [-0.4, -0.2) is 21.0 Å². The Bertz CT molecular complexity index is 956. The van der Waals surface area contributed by atoms with Gasteiger partial charge >= 0.3 is 0 Å². The van der Waals surface area contributed by atoms with E-state index in [0.29, 0.717) is 10.1 Å². The molecule has 1 heterocycles. The van der Waals surface area contributed by atoms with Gasteiger partial charge in [-0.15, -0.1) is 10.2 Å². The monoisotopic (exact) mass is 374 g/mol. The third-order valence-electron chi connectivity index (χ3n) is 3.35. The topological polar surface area (TPSA) is 98.0 Å². The zero-order valence-corrected chi connectivity index (χ0v) is 14.5. The smallest absolute Gasteiger partial charge is 0.288 e. The largest absolute Gasteiger partial charge is 0.296 e. The lowest BCUT2D eigenvalue weighted by molar-refractivity contribution is -0.384. The molecule has 126 valence electrons. The van der Waals surface area contributed by atoms with Crippen molar-refractivity contribution in [1.29, 1.82) is 0 Å². The second-order valence-electron chi connectivity index (χ2n) is 5.16. The molecule has 3 rings (SSSR count). The highest BCUT2D eigenvalue weighted by Gasteiger charge is 2.17. The van der Waals surface area contributed by atoms with Gasteiger partial charge in [-0.05, 0) is 19.1 Å². The molecule has 9 heteroatoms. The number of nitro benzene ring substituents is 1. The molecule has 1 N–H and O–H groups in total. The Labute approximate surface area is 151 Å². The lowest BCUT2D eigenvalue weighted by Gasteiger charge is -2.02. The fourth-order valence-electron chi connectivity index (χ4n) is 2.05. The Morgan fingerprint density at radius 1 is 1.20 bits per heavy atom. The third kappa shape index (κ3) is 3.81. The molecule has 2 aromatic carbocycles. The van der Waals surface area contributed by atoms with Crippen molar-refractivity contribution in [3.63, 3.8) is 0 Å². The molecule has 0 aliphatic carbocycles. The number of aryl methyl sites for hydroxylation is 1. The van der Waals surface area contributed by atoms with Crippen LogP contribution in [0.4, 0.5) is 10.8 Å². The van der Waals surface area contributed by atoms with E-state index in [1.807, 2.05) is 31.2 Å². The van der Waals surface area contributed by atoms with Crippen molar-refractivity contribution in [1.82, 2.24) is 10.2 Å². The van der Waals surface area contributed by atoms with Gasteiger partial charge in [-0.1, -0.05) is 52.8 Å². The molecule has 0 unspecified atom stereocenters. The van der Waals surface area contributed by atoms with Crippen LogP contribution in [0.25, 0.3) is 10.6 Å². The molecule has 0 bridgehead atoms. The first kappa shape index (κ1) is 17.0. The number of hydrogen-bond donors (Lipinski definition) is 1. The Balaban J connectivity index is 1.79. The van der Waals surface area contributed by atoms with E-state index in [2.05, 4.69) is 15.5 Å². The highest BCUT2D eigenvalue weighted by atomic mass is 35.5. The van der Waals surface area contributed by atoms with Crippen molar-refractivity contribution in [2.24, 2.45) is 0 Å². The summed E-state index contributed by atoms with van der Waals surface area (Å²) in [6.45, 7) is 1.99. The second-order valence-corrected chi connectivity index (χ2v) is 6.54. The van der Waals surface area contributed by atoms with Gasteiger partial charge in [-0.2, -0.15) is 0 Å². The first-order chi connectivity index (χ1) is 11.9.